The molecule has 4 aromatic carbocycles. The predicted octanol–water partition coefficient (Wildman–Crippen LogP) is 13.4. The molecule has 396 valence electrons. The zero-order chi connectivity index (χ0) is 53.6. The SMILES string of the molecule is COc1ccc(OC)c([PH+](c2cc(C(F)(F)F)cc(C(F)(F)F)c2)c2cc(C(F)(F)F)cc(C(F)(F)F)c2)c1-c1c(C(C)C)cc(C(C)C)cc1C(C)C.O=S(=O)([N-]S(=O)(=O)C(F)(F)F)C(F)(F)F.[Au+]. The van der Waals surface area contributed by atoms with Gasteiger partial charge in [-0.1, -0.05) is 53.7 Å². The van der Waals surface area contributed by atoms with Crippen LogP contribution in [0.1, 0.15) is 98.2 Å². The first kappa shape index (κ1) is 62.4. The van der Waals surface area contributed by atoms with Gasteiger partial charge in [0.15, 0.2) is 31.1 Å². The molecular formula is C41H38AuF18NO6PS2+. The number of ether oxygens (including phenoxy) is 2. The molecule has 0 saturated carbocycles. The van der Waals surface area contributed by atoms with Crippen molar-refractivity contribution in [1.29, 1.82) is 0 Å². The second kappa shape index (κ2) is 21.8. The number of nitrogens with zero attached hydrogens (tertiary/aromatic N) is 1. The molecule has 0 bridgehead atoms. The quantitative estimate of drug-likeness (QED) is 0.0842. The molecule has 0 spiro atoms. The summed E-state index contributed by atoms with van der Waals surface area (Å²) in [7, 11) is -14.8. The molecule has 4 aromatic rings. The van der Waals surface area contributed by atoms with Gasteiger partial charge in [0.2, 0.25) is 0 Å². The summed E-state index contributed by atoms with van der Waals surface area (Å²) in [5, 5.41) is -1.79. The van der Waals surface area contributed by atoms with Crippen molar-refractivity contribution in [2.45, 2.75) is 95.0 Å². The second-order valence-electron chi connectivity index (χ2n) is 15.6. The van der Waals surface area contributed by atoms with Crippen molar-refractivity contribution < 1.29 is 128 Å². The van der Waals surface area contributed by atoms with Gasteiger partial charge in [-0.2, -0.15) is 79.0 Å². The van der Waals surface area contributed by atoms with E-state index in [9.17, 15) is 95.9 Å². The van der Waals surface area contributed by atoms with Crippen molar-refractivity contribution >= 4 is 43.9 Å². The molecule has 0 aliphatic heterocycles. The molecule has 0 unspecified atom stereocenters. The van der Waals surface area contributed by atoms with E-state index in [0.717, 1.165) is 16.8 Å². The third-order valence-corrected chi connectivity index (χ3v) is 15.2. The Labute approximate surface area is 405 Å². The molecule has 0 heterocycles. The van der Waals surface area contributed by atoms with Crippen molar-refractivity contribution in [1.82, 2.24) is 0 Å². The van der Waals surface area contributed by atoms with Crippen LogP contribution in [0.4, 0.5) is 79.0 Å². The predicted molar refractivity (Wildman–Crippen MR) is 221 cm³/mol. The molecule has 0 atom stereocenters. The van der Waals surface area contributed by atoms with Crippen LogP contribution >= 0.6 is 7.92 Å². The number of alkyl halides is 18. The fourth-order valence-corrected chi connectivity index (χ4v) is 11.3. The fraction of sp³-hybridized carbons (Fsp3) is 0.415. The van der Waals surface area contributed by atoms with Gasteiger partial charge in [0.1, 0.15) is 24.3 Å². The molecule has 4 rings (SSSR count). The van der Waals surface area contributed by atoms with Crippen molar-refractivity contribution in [3.8, 4) is 22.6 Å². The second-order valence-corrected chi connectivity index (χ2v) is 21.5. The molecule has 0 aromatic heterocycles. The molecule has 0 saturated heterocycles. The van der Waals surface area contributed by atoms with Crippen LogP contribution in [0.25, 0.3) is 15.3 Å². The summed E-state index contributed by atoms with van der Waals surface area (Å²) in [6, 6.07) is 7.50. The molecule has 0 fully saturated rings. The van der Waals surface area contributed by atoms with Gasteiger partial charge in [0, 0.05) is 0 Å². The van der Waals surface area contributed by atoms with Gasteiger partial charge in [-0.05, 0) is 88.5 Å². The van der Waals surface area contributed by atoms with Crippen LogP contribution in [0.5, 0.6) is 11.5 Å². The maximum atomic E-state index is 14.3. The van der Waals surface area contributed by atoms with Gasteiger partial charge in [-0.25, -0.2) is 16.8 Å². The van der Waals surface area contributed by atoms with E-state index >= 15 is 0 Å². The zero-order valence-electron chi connectivity index (χ0n) is 36.8. The Bertz CT molecular complexity index is 2520. The van der Waals surface area contributed by atoms with Crippen molar-refractivity contribution in [2.24, 2.45) is 0 Å². The van der Waals surface area contributed by atoms with Gasteiger partial charge in [-0.15, -0.1) is 0 Å². The number of rotatable bonds is 11. The third-order valence-electron chi connectivity index (χ3n) is 9.73. The number of hydrogen-bond donors (Lipinski definition) is 0. The summed E-state index contributed by atoms with van der Waals surface area (Å²) in [5.41, 5.74) is -16.9. The average Bonchev–Trinajstić information content (AvgIpc) is 3.17. The molecule has 0 radical (unpaired) electrons. The molecule has 7 nitrogen and oxygen atoms in total. The average molecular weight is 1270 g/mol. The summed E-state index contributed by atoms with van der Waals surface area (Å²) in [6.45, 7) is 11.3. The van der Waals surface area contributed by atoms with E-state index in [0.29, 0.717) is 41.0 Å². The van der Waals surface area contributed by atoms with Crippen LogP contribution in [0.3, 0.4) is 0 Å². The first-order valence-corrected chi connectivity index (χ1v) is 23.6. The molecule has 0 amide bonds. The van der Waals surface area contributed by atoms with Gasteiger partial charge < -0.3 is 13.6 Å². The van der Waals surface area contributed by atoms with Crippen molar-refractivity contribution in [3.05, 3.63) is 104 Å². The van der Waals surface area contributed by atoms with E-state index in [1.165, 1.54) is 19.2 Å². The Morgan fingerprint density at radius 1 is 0.457 bits per heavy atom. The maximum Gasteiger partial charge on any atom is 1.00 e. The van der Waals surface area contributed by atoms with Crippen LogP contribution in [0.2, 0.25) is 0 Å². The smallest absolute Gasteiger partial charge is 0.496 e. The number of methoxy groups -OCH3 is 2. The van der Waals surface area contributed by atoms with Crippen molar-refractivity contribution in [3.63, 3.8) is 0 Å². The van der Waals surface area contributed by atoms with Crippen molar-refractivity contribution in [2.75, 3.05) is 14.2 Å². The molecule has 0 aliphatic carbocycles. The van der Waals surface area contributed by atoms with Crippen LogP contribution in [0.15, 0.2) is 60.7 Å². The van der Waals surface area contributed by atoms with Crippen LogP contribution < -0.4 is 25.4 Å². The topological polar surface area (TPSA) is 101 Å². The van der Waals surface area contributed by atoms with E-state index in [4.69, 9.17) is 9.47 Å². The normalized spacial score (nSPS) is 13.4. The number of hydrogen-bond acceptors (Lipinski definition) is 6. The van der Waals surface area contributed by atoms with E-state index < -0.39 is 96.6 Å². The monoisotopic (exact) mass is 1270 g/mol. The van der Waals surface area contributed by atoms with Crippen LogP contribution in [-0.4, -0.2) is 42.1 Å². The number of halogens is 18. The molecule has 70 heavy (non-hydrogen) atoms. The minimum Gasteiger partial charge on any atom is -0.496 e. The summed E-state index contributed by atoms with van der Waals surface area (Å²) < 4.78 is 293. The van der Waals surface area contributed by atoms with E-state index in [1.54, 1.807) is 0 Å². The molecule has 0 N–H and O–H groups in total. The Morgan fingerprint density at radius 2 is 0.757 bits per heavy atom. The first-order valence-electron chi connectivity index (χ1n) is 19.2. The molecule has 0 aliphatic rings. The minimum atomic E-state index is -6.72. The zero-order valence-corrected chi connectivity index (χ0v) is 41.6. The molecular weight excluding hydrogens is 1240 g/mol. The van der Waals surface area contributed by atoms with Gasteiger partial charge in [-0.3, -0.25) is 0 Å². The Hall–Kier alpha value is -3.75. The minimum absolute atomic E-state index is 0. The summed E-state index contributed by atoms with van der Waals surface area (Å²) >= 11 is 0. The van der Waals surface area contributed by atoms with Crippen LogP contribution in [-0.2, 0) is 67.1 Å². The van der Waals surface area contributed by atoms with Gasteiger partial charge in [0.25, 0.3) is 0 Å². The number of sulfonamides is 2. The summed E-state index contributed by atoms with van der Waals surface area (Å²) in [4.78, 5) is 0. The Balaban J connectivity index is 0.000000903. The number of benzene rings is 4. The summed E-state index contributed by atoms with van der Waals surface area (Å²) in [5.74, 6) is -0.760. The fourth-order valence-electron chi connectivity index (χ4n) is 6.51. The van der Waals surface area contributed by atoms with E-state index in [1.807, 2.05) is 53.7 Å². The Kier molecular flexibility index (Phi) is 19.4. The van der Waals surface area contributed by atoms with E-state index in [2.05, 4.69) is 0 Å². The summed E-state index contributed by atoms with van der Waals surface area (Å²) in [6.07, 6.45) is -21.6. The van der Waals surface area contributed by atoms with Gasteiger partial charge in [0.05, 0.1) is 42.0 Å². The van der Waals surface area contributed by atoms with Gasteiger partial charge >= 0.3 is 58.1 Å². The van der Waals surface area contributed by atoms with Crippen LogP contribution in [0, 0.1) is 0 Å². The maximum absolute atomic E-state index is 14.3. The third kappa shape index (κ3) is 14.5. The molecule has 29 heteroatoms. The largest absolute Gasteiger partial charge is 1.00 e. The standard InChI is InChI=1S/C39H37F12O2P.C2F6NO4S2.Au/c1-19(2)22-11-29(20(3)4)33(30(12-22)21(5)6)34-31(52-7)9-10-32(53-8)35(34)54(27-15-23(36(40,41)42)13-24(16-27)37(43,44)45)28-17-25(38(46,47)48)14-26(18-28)39(49,50)51;3-1(4,5)14(10,11)9-15(12,13)2(6,7)8;/h9-21H,1-8H3;;/q;-1;+1/p+1. The Morgan fingerprint density at radius 3 is 1.00 bits per heavy atom. The first-order chi connectivity index (χ1) is 30.9. The van der Waals surface area contributed by atoms with E-state index in [-0.39, 0.29) is 74.6 Å².